The van der Waals surface area contributed by atoms with Crippen molar-refractivity contribution < 1.29 is 9.53 Å². The van der Waals surface area contributed by atoms with Crippen LogP contribution in [-0.4, -0.2) is 25.3 Å². The van der Waals surface area contributed by atoms with Crippen LogP contribution in [0.2, 0.25) is 0 Å². The second-order valence-corrected chi connectivity index (χ2v) is 3.68. The Morgan fingerprint density at radius 3 is 2.60 bits per heavy atom. The van der Waals surface area contributed by atoms with Gasteiger partial charge in [0.15, 0.2) is 0 Å². The van der Waals surface area contributed by atoms with Gasteiger partial charge in [0, 0.05) is 26.6 Å². The minimum absolute atomic E-state index is 0.0213. The molecule has 0 aliphatic heterocycles. The molecule has 0 aliphatic rings. The number of carbonyl (C=O) groups is 1. The maximum absolute atomic E-state index is 10.7. The van der Waals surface area contributed by atoms with Gasteiger partial charge >= 0.3 is 5.97 Å². The van der Waals surface area contributed by atoms with Crippen molar-refractivity contribution in [2.75, 3.05) is 7.05 Å². The van der Waals surface area contributed by atoms with Crippen LogP contribution in [0.5, 0.6) is 0 Å². The molecular weight excluding hydrogens is 190 g/mol. The number of carbonyl (C=O) groups excluding carboxylic acids is 1. The summed E-state index contributed by atoms with van der Waals surface area (Å²) >= 11 is 0. The fourth-order valence-electron chi connectivity index (χ4n) is 1.14. The molecule has 0 amide bonds. The molecule has 0 aromatic rings. The second-order valence-electron chi connectivity index (χ2n) is 3.68. The van der Waals surface area contributed by atoms with Crippen LogP contribution in [0.1, 0.15) is 33.6 Å². The van der Waals surface area contributed by atoms with Gasteiger partial charge in [-0.2, -0.15) is 0 Å². The van der Waals surface area contributed by atoms with Crippen LogP contribution in [0.15, 0.2) is 17.1 Å². The van der Waals surface area contributed by atoms with Crippen molar-refractivity contribution in [2.24, 2.45) is 10.9 Å². The van der Waals surface area contributed by atoms with Crippen molar-refractivity contribution in [3.05, 3.63) is 12.2 Å². The number of rotatable bonds is 6. The molecule has 0 N–H and O–H groups in total. The van der Waals surface area contributed by atoms with Gasteiger partial charge in [0.25, 0.3) is 0 Å². The SMILES string of the molecule is CN=CCC=CCC(C)C(C)OC(C)=O. The first-order valence-electron chi connectivity index (χ1n) is 5.30. The molecule has 0 aromatic carbocycles. The maximum Gasteiger partial charge on any atom is 0.302 e. The lowest BCUT2D eigenvalue weighted by atomic mass is 10.0. The minimum Gasteiger partial charge on any atom is -0.463 e. The topological polar surface area (TPSA) is 38.7 Å². The highest BCUT2D eigenvalue weighted by Crippen LogP contribution is 2.12. The van der Waals surface area contributed by atoms with E-state index < -0.39 is 0 Å². The van der Waals surface area contributed by atoms with E-state index in [1.54, 1.807) is 7.05 Å². The smallest absolute Gasteiger partial charge is 0.302 e. The number of ether oxygens (including phenoxy) is 1. The first kappa shape index (κ1) is 13.9. The average molecular weight is 211 g/mol. The summed E-state index contributed by atoms with van der Waals surface area (Å²) in [5.41, 5.74) is 0. The number of nitrogens with zero attached hydrogens (tertiary/aromatic N) is 1. The summed E-state index contributed by atoms with van der Waals surface area (Å²) in [5.74, 6) is 0.139. The van der Waals surface area contributed by atoms with E-state index in [9.17, 15) is 4.79 Å². The van der Waals surface area contributed by atoms with Crippen LogP contribution in [0.4, 0.5) is 0 Å². The zero-order valence-corrected chi connectivity index (χ0v) is 10.1. The molecule has 3 nitrogen and oxygen atoms in total. The summed E-state index contributed by atoms with van der Waals surface area (Å²) < 4.78 is 5.09. The van der Waals surface area contributed by atoms with Gasteiger partial charge in [0.2, 0.25) is 0 Å². The Hall–Kier alpha value is -1.12. The zero-order valence-electron chi connectivity index (χ0n) is 10.1. The summed E-state index contributed by atoms with van der Waals surface area (Å²) in [6, 6.07) is 0. The fourth-order valence-corrected chi connectivity index (χ4v) is 1.14. The Morgan fingerprint density at radius 2 is 2.07 bits per heavy atom. The van der Waals surface area contributed by atoms with Gasteiger partial charge in [-0.3, -0.25) is 4.79 Å². The van der Waals surface area contributed by atoms with E-state index in [-0.39, 0.29) is 12.1 Å². The molecule has 0 saturated heterocycles. The van der Waals surface area contributed by atoms with E-state index in [0.717, 1.165) is 12.8 Å². The van der Waals surface area contributed by atoms with Crippen molar-refractivity contribution in [2.45, 2.75) is 39.7 Å². The molecule has 0 aromatic heterocycles. The molecule has 0 saturated carbocycles. The van der Waals surface area contributed by atoms with Crippen molar-refractivity contribution >= 4 is 12.2 Å². The number of hydrogen-bond donors (Lipinski definition) is 0. The van der Waals surface area contributed by atoms with Crippen LogP contribution in [0, 0.1) is 5.92 Å². The lowest BCUT2D eigenvalue weighted by molar-refractivity contribution is -0.147. The molecular formula is C12H21NO2. The summed E-state index contributed by atoms with van der Waals surface area (Å²) in [6.07, 6.45) is 7.80. The summed E-state index contributed by atoms with van der Waals surface area (Å²) in [5, 5.41) is 0. The number of aliphatic imine (C=N–C) groups is 1. The lowest BCUT2D eigenvalue weighted by Crippen LogP contribution is -2.20. The van der Waals surface area contributed by atoms with E-state index in [0.29, 0.717) is 5.92 Å². The lowest BCUT2D eigenvalue weighted by Gasteiger charge is -2.17. The highest BCUT2D eigenvalue weighted by molar-refractivity contribution is 5.66. The van der Waals surface area contributed by atoms with Gasteiger partial charge in [-0.05, 0) is 19.3 Å². The molecule has 0 bridgehead atoms. The molecule has 3 heteroatoms. The predicted molar refractivity (Wildman–Crippen MR) is 63.2 cm³/mol. The number of hydrogen-bond acceptors (Lipinski definition) is 3. The summed E-state index contributed by atoms with van der Waals surface area (Å²) in [4.78, 5) is 14.6. The molecule has 0 rings (SSSR count). The Bertz CT molecular complexity index is 234. The van der Waals surface area contributed by atoms with Crippen molar-refractivity contribution in [3.63, 3.8) is 0 Å². The standard InChI is InChI=1S/C12H21NO2/c1-10(11(2)15-12(3)14)8-6-5-7-9-13-4/h5-6,9-11H,7-8H2,1-4H3. The first-order valence-corrected chi connectivity index (χ1v) is 5.30. The molecule has 2 unspecified atom stereocenters. The molecule has 2 atom stereocenters. The third kappa shape index (κ3) is 7.91. The highest BCUT2D eigenvalue weighted by Gasteiger charge is 2.12. The van der Waals surface area contributed by atoms with E-state index >= 15 is 0 Å². The van der Waals surface area contributed by atoms with Gasteiger partial charge in [-0.15, -0.1) is 0 Å². The normalized spacial score (nSPS) is 15.7. The summed E-state index contributed by atoms with van der Waals surface area (Å²) in [7, 11) is 1.76. The maximum atomic E-state index is 10.7. The Morgan fingerprint density at radius 1 is 1.40 bits per heavy atom. The molecule has 0 spiro atoms. The third-order valence-electron chi connectivity index (χ3n) is 2.25. The monoisotopic (exact) mass is 211 g/mol. The van der Waals surface area contributed by atoms with Gasteiger partial charge in [-0.1, -0.05) is 19.1 Å². The number of esters is 1. The molecule has 0 aliphatic carbocycles. The van der Waals surface area contributed by atoms with Gasteiger partial charge in [-0.25, -0.2) is 0 Å². The zero-order chi connectivity index (χ0) is 11.7. The Balaban J connectivity index is 3.76. The van der Waals surface area contributed by atoms with Crippen LogP contribution in [0.3, 0.4) is 0 Å². The van der Waals surface area contributed by atoms with Crippen LogP contribution in [-0.2, 0) is 9.53 Å². The largest absolute Gasteiger partial charge is 0.463 e. The Kier molecular flexibility index (Phi) is 7.60. The first-order chi connectivity index (χ1) is 7.07. The molecule has 0 radical (unpaired) electrons. The summed E-state index contributed by atoms with van der Waals surface area (Å²) in [6.45, 7) is 5.44. The second kappa shape index (κ2) is 8.21. The van der Waals surface area contributed by atoms with Crippen LogP contribution < -0.4 is 0 Å². The third-order valence-corrected chi connectivity index (χ3v) is 2.25. The fraction of sp³-hybridized carbons (Fsp3) is 0.667. The van der Waals surface area contributed by atoms with Crippen LogP contribution >= 0.6 is 0 Å². The highest BCUT2D eigenvalue weighted by atomic mass is 16.5. The Labute approximate surface area is 92.2 Å². The predicted octanol–water partition coefficient (Wildman–Crippen LogP) is 2.61. The quantitative estimate of drug-likeness (QED) is 0.385. The van der Waals surface area contributed by atoms with E-state index in [2.05, 4.69) is 24.1 Å². The number of allylic oxidation sites excluding steroid dienone is 2. The van der Waals surface area contributed by atoms with Crippen molar-refractivity contribution in [1.29, 1.82) is 0 Å². The van der Waals surface area contributed by atoms with Gasteiger partial charge in [0.1, 0.15) is 6.10 Å². The van der Waals surface area contributed by atoms with Gasteiger partial charge in [0.05, 0.1) is 0 Å². The van der Waals surface area contributed by atoms with Crippen molar-refractivity contribution in [3.8, 4) is 0 Å². The van der Waals surface area contributed by atoms with E-state index in [4.69, 9.17) is 4.74 Å². The minimum atomic E-state index is -0.212. The van der Waals surface area contributed by atoms with Crippen LogP contribution in [0.25, 0.3) is 0 Å². The molecule has 0 heterocycles. The molecule has 15 heavy (non-hydrogen) atoms. The van der Waals surface area contributed by atoms with E-state index in [1.165, 1.54) is 6.92 Å². The molecule has 86 valence electrons. The van der Waals surface area contributed by atoms with E-state index in [1.807, 2.05) is 13.1 Å². The average Bonchev–Trinajstić information content (AvgIpc) is 2.16. The van der Waals surface area contributed by atoms with Gasteiger partial charge < -0.3 is 9.73 Å². The molecule has 0 fully saturated rings. The van der Waals surface area contributed by atoms with Crippen molar-refractivity contribution in [1.82, 2.24) is 0 Å².